The molecule has 0 aromatic heterocycles. The number of carboxylic acid groups (broad SMARTS) is 1. The smallest absolute Gasteiger partial charge is 0.331 e. The van der Waals surface area contributed by atoms with Crippen LogP contribution in [-0.4, -0.2) is 33.9 Å². The van der Waals surface area contributed by atoms with Crippen molar-refractivity contribution in [3.63, 3.8) is 0 Å². The summed E-state index contributed by atoms with van der Waals surface area (Å²) in [5.41, 5.74) is 4.11. The zero-order valence-electron chi connectivity index (χ0n) is 19.7. The number of aliphatic hydroxyl groups is 1. The van der Waals surface area contributed by atoms with Gasteiger partial charge in [-0.05, 0) is 83.9 Å². The quantitative estimate of drug-likeness (QED) is 0.221. The molecule has 0 aromatic rings. The molecule has 32 heavy (non-hydrogen) atoms. The maximum absolute atomic E-state index is 12.1. The number of Topliss-reactive ketones (excluding diaryl/α,β-unsaturated/α-hetero) is 1. The van der Waals surface area contributed by atoms with Gasteiger partial charge in [0.25, 0.3) is 0 Å². The average molecular weight is 441 g/mol. The van der Waals surface area contributed by atoms with Crippen molar-refractivity contribution in [2.24, 2.45) is 0 Å². The number of aliphatic carboxylic acids is 1. The van der Waals surface area contributed by atoms with Crippen LogP contribution in [0.4, 0.5) is 0 Å². The van der Waals surface area contributed by atoms with Gasteiger partial charge in [-0.2, -0.15) is 0 Å². The Kier molecular flexibility index (Phi) is 11.6. The van der Waals surface area contributed by atoms with Gasteiger partial charge in [-0.15, -0.1) is 0 Å². The lowest BCUT2D eigenvalue weighted by atomic mass is 9.90. The van der Waals surface area contributed by atoms with E-state index in [-0.39, 0.29) is 18.0 Å². The minimum Gasteiger partial charge on any atom is -0.478 e. The van der Waals surface area contributed by atoms with Gasteiger partial charge in [0, 0.05) is 23.1 Å². The van der Waals surface area contributed by atoms with Crippen molar-refractivity contribution < 1.29 is 24.6 Å². The molecule has 174 valence electrons. The maximum Gasteiger partial charge on any atom is 0.331 e. The summed E-state index contributed by atoms with van der Waals surface area (Å²) in [5.74, 6) is -1.30. The van der Waals surface area contributed by atoms with Crippen LogP contribution in [0.1, 0.15) is 72.6 Å². The second-order valence-electron chi connectivity index (χ2n) is 8.59. The SMILES string of the molecule is C=C(CCC=C(C)CCC=C(CCC=C(C)C)C(=O)O)[C@H](O)CC1=CC(=O)C=C(C)C1=O. The molecule has 0 amide bonds. The summed E-state index contributed by atoms with van der Waals surface area (Å²) in [6, 6.07) is 0. The van der Waals surface area contributed by atoms with Crippen molar-refractivity contribution in [3.05, 3.63) is 70.4 Å². The van der Waals surface area contributed by atoms with E-state index in [4.69, 9.17) is 0 Å². The summed E-state index contributed by atoms with van der Waals surface area (Å²) < 4.78 is 0. The molecule has 5 heteroatoms. The highest BCUT2D eigenvalue weighted by Gasteiger charge is 2.22. The van der Waals surface area contributed by atoms with Gasteiger partial charge in [0.2, 0.25) is 0 Å². The number of carboxylic acids is 1. The molecule has 0 aromatic carbocycles. The molecule has 1 atom stereocenters. The first-order chi connectivity index (χ1) is 15.0. The highest BCUT2D eigenvalue weighted by Crippen LogP contribution is 2.22. The molecule has 0 spiro atoms. The van der Waals surface area contributed by atoms with E-state index < -0.39 is 12.1 Å². The Bertz CT molecular complexity index is 889. The number of hydrogen-bond acceptors (Lipinski definition) is 4. The molecule has 1 aliphatic rings. The van der Waals surface area contributed by atoms with E-state index in [1.807, 2.05) is 26.8 Å². The second-order valence-corrected chi connectivity index (χ2v) is 8.59. The molecule has 0 saturated heterocycles. The van der Waals surface area contributed by atoms with Gasteiger partial charge in [-0.25, -0.2) is 4.79 Å². The number of carbonyl (C=O) groups is 3. The Balaban J connectivity index is 2.48. The molecule has 2 N–H and O–H groups in total. The van der Waals surface area contributed by atoms with Crippen LogP contribution >= 0.6 is 0 Å². The molecule has 0 bridgehead atoms. The third-order valence-corrected chi connectivity index (χ3v) is 5.34. The zero-order chi connectivity index (χ0) is 24.3. The number of allylic oxidation sites excluding steroid dienone is 8. The van der Waals surface area contributed by atoms with Gasteiger partial charge in [0.05, 0.1) is 6.10 Å². The lowest BCUT2D eigenvalue weighted by molar-refractivity contribution is -0.132. The van der Waals surface area contributed by atoms with Crippen molar-refractivity contribution in [1.82, 2.24) is 0 Å². The van der Waals surface area contributed by atoms with Gasteiger partial charge >= 0.3 is 5.97 Å². The molecular weight excluding hydrogens is 404 g/mol. The van der Waals surface area contributed by atoms with Gasteiger partial charge in [-0.1, -0.05) is 36.0 Å². The fraction of sp³-hybridized carbons (Fsp3) is 0.444. The van der Waals surface area contributed by atoms with Crippen LogP contribution in [0.3, 0.4) is 0 Å². The third kappa shape index (κ3) is 10.0. The van der Waals surface area contributed by atoms with E-state index >= 15 is 0 Å². The fourth-order valence-electron chi connectivity index (χ4n) is 3.37. The number of rotatable bonds is 13. The van der Waals surface area contributed by atoms with Crippen LogP contribution in [0.25, 0.3) is 0 Å². The predicted molar refractivity (Wildman–Crippen MR) is 128 cm³/mol. The minimum atomic E-state index is -0.875. The van der Waals surface area contributed by atoms with Crippen LogP contribution in [-0.2, 0) is 14.4 Å². The molecular formula is C27H36O5. The first-order valence-corrected chi connectivity index (χ1v) is 11.1. The van der Waals surface area contributed by atoms with Crippen molar-refractivity contribution in [2.75, 3.05) is 0 Å². The highest BCUT2D eigenvalue weighted by atomic mass is 16.4. The Morgan fingerprint density at radius 2 is 1.62 bits per heavy atom. The van der Waals surface area contributed by atoms with Crippen molar-refractivity contribution >= 4 is 17.5 Å². The molecule has 0 radical (unpaired) electrons. The minimum absolute atomic E-state index is 0.0901. The number of ketones is 2. The van der Waals surface area contributed by atoms with Crippen LogP contribution in [0.5, 0.6) is 0 Å². The van der Waals surface area contributed by atoms with E-state index in [0.717, 1.165) is 18.4 Å². The Labute approximate surface area is 191 Å². The van der Waals surface area contributed by atoms with Gasteiger partial charge in [0.1, 0.15) is 0 Å². The average Bonchev–Trinajstić information content (AvgIpc) is 2.69. The van der Waals surface area contributed by atoms with Crippen molar-refractivity contribution in [1.29, 1.82) is 0 Å². The Morgan fingerprint density at radius 1 is 1.00 bits per heavy atom. The summed E-state index contributed by atoms with van der Waals surface area (Å²) >= 11 is 0. The molecule has 0 heterocycles. The summed E-state index contributed by atoms with van der Waals surface area (Å²) in [6.45, 7) is 11.5. The summed E-state index contributed by atoms with van der Waals surface area (Å²) in [4.78, 5) is 35.1. The molecule has 1 aliphatic carbocycles. The van der Waals surface area contributed by atoms with Crippen LogP contribution < -0.4 is 0 Å². The summed E-state index contributed by atoms with van der Waals surface area (Å²) in [5, 5.41) is 19.7. The lowest BCUT2D eigenvalue weighted by Crippen LogP contribution is -2.19. The van der Waals surface area contributed by atoms with E-state index in [0.29, 0.717) is 48.0 Å². The molecule has 0 aliphatic heterocycles. The highest BCUT2D eigenvalue weighted by molar-refractivity contribution is 6.20. The fourth-order valence-corrected chi connectivity index (χ4v) is 3.37. The van der Waals surface area contributed by atoms with E-state index in [1.165, 1.54) is 17.7 Å². The largest absolute Gasteiger partial charge is 0.478 e. The van der Waals surface area contributed by atoms with E-state index in [9.17, 15) is 24.6 Å². The topological polar surface area (TPSA) is 91.7 Å². The molecule has 0 unspecified atom stereocenters. The number of hydrogen-bond donors (Lipinski definition) is 2. The standard InChI is InChI=1S/C27H36O5/c1-18(2)9-6-13-22(27(31)32)14-8-11-19(3)10-7-12-20(4)25(29)17-23-16-24(28)15-21(5)26(23)30/h9-10,14-16,25,29H,4,6-8,11-13,17H2,1-3,5H3,(H,31,32)/t25-/m1/s1. The Morgan fingerprint density at radius 3 is 2.25 bits per heavy atom. The molecule has 5 nitrogen and oxygen atoms in total. The first-order valence-electron chi connectivity index (χ1n) is 11.1. The summed E-state index contributed by atoms with van der Waals surface area (Å²) in [6.07, 6.45) is 11.7. The number of carbonyl (C=O) groups excluding carboxylic acids is 2. The molecule has 0 fully saturated rings. The van der Waals surface area contributed by atoms with Crippen molar-refractivity contribution in [3.8, 4) is 0 Å². The molecule has 0 saturated carbocycles. The normalized spacial score (nSPS) is 15.8. The van der Waals surface area contributed by atoms with Gasteiger partial charge in [0.15, 0.2) is 11.6 Å². The van der Waals surface area contributed by atoms with Crippen LogP contribution in [0, 0.1) is 0 Å². The number of aliphatic hydroxyl groups excluding tert-OH is 1. The second kappa shape index (κ2) is 13.6. The summed E-state index contributed by atoms with van der Waals surface area (Å²) in [7, 11) is 0. The predicted octanol–water partition coefficient (Wildman–Crippen LogP) is 5.58. The first kappa shape index (κ1) is 27.2. The van der Waals surface area contributed by atoms with Crippen molar-refractivity contribution in [2.45, 2.75) is 78.7 Å². The zero-order valence-corrected chi connectivity index (χ0v) is 19.7. The van der Waals surface area contributed by atoms with Gasteiger partial charge in [-0.3, -0.25) is 9.59 Å². The van der Waals surface area contributed by atoms with E-state index in [2.05, 4.69) is 12.7 Å². The van der Waals surface area contributed by atoms with Gasteiger partial charge < -0.3 is 10.2 Å². The molecule has 1 rings (SSSR count). The Hall–Kier alpha value is -2.79. The third-order valence-electron chi connectivity index (χ3n) is 5.34. The van der Waals surface area contributed by atoms with Crippen LogP contribution in [0.2, 0.25) is 0 Å². The van der Waals surface area contributed by atoms with Crippen LogP contribution in [0.15, 0.2) is 70.4 Å². The monoisotopic (exact) mass is 440 g/mol. The lowest BCUT2D eigenvalue weighted by Gasteiger charge is -2.17. The maximum atomic E-state index is 12.1. The van der Waals surface area contributed by atoms with E-state index in [1.54, 1.807) is 13.0 Å².